The molecule has 29 heavy (non-hydrogen) atoms. The number of carbonyl (C=O) groups is 1. The Kier molecular flexibility index (Phi) is 5.27. The molecule has 0 amide bonds. The Balaban J connectivity index is 2.00. The fraction of sp³-hybridized carbons (Fsp3) is 0.381. The summed E-state index contributed by atoms with van der Waals surface area (Å²) in [5, 5.41) is 0.544. The molecule has 0 spiro atoms. The molecule has 7 nitrogen and oxygen atoms in total. The molecule has 4 rings (SSSR count). The summed E-state index contributed by atoms with van der Waals surface area (Å²) in [5.74, 6) is 0.129. The van der Waals surface area contributed by atoms with E-state index in [0.717, 1.165) is 40.7 Å². The number of aryl methyl sites for hydroxylation is 2. The highest BCUT2D eigenvalue weighted by Gasteiger charge is 2.25. The van der Waals surface area contributed by atoms with Crippen LogP contribution in [0.2, 0.25) is 0 Å². The topological polar surface area (TPSA) is 79.5 Å². The molecule has 2 heterocycles. The van der Waals surface area contributed by atoms with Gasteiger partial charge in [0, 0.05) is 4.88 Å². The van der Waals surface area contributed by atoms with Crippen molar-refractivity contribution in [1.82, 2.24) is 9.13 Å². The number of esters is 1. The van der Waals surface area contributed by atoms with Crippen LogP contribution >= 0.6 is 11.3 Å². The molecule has 0 N–H and O–H groups in total. The van der Waals surface area contributed by atoms with Crippen LogP contribution in [0, 0.1) is 0 Å². The lowest BCUT2D eigenvalue weighted by Crippen LogP contribution is -2.40. The first-order valence-electron chi connectivity index (χ1n) is 9.65. The summed E-state index contributed by atoms with van der Waals surface area (Å²) in [6, 6.07) is 6.81. The summed E-state index contributed by atoms with van der Waals surface area (Å²) in [4.78, 5) is 40.4. The van der Waals surface area contributed by atoms with Gasteiger partial charge in [-0.2, -0.15) is 0 Å². The third kappa shape index (κ3) is 3.37. The molecule has 8 heteroatoms. The van der Waals surface area contributed by atoms with Crippen LogP contribution in [0.3, 0.4) is 0 Å². The van der Waals surface area contributed by atoms with Crippen molar-refractivity contribution in [3.8, 4) is 11.4 Å². The van der Waals surface area contributed by atoms with Crippen molar-refractivity contribution < 1.29 is 14.3 Å². The minimum Gasteiger partial charge on any atom is -0.494 e. The van der Waals surface area contributed by atoms with Crippen LogP contribution in [0.5, 0.6) is 5.75 Å². The number of carbonyl (C=O) groups excluding carboxylic acids is 1. The molecule has 0 radical (unpaired) electrons. The lowest BCUT2D eigenvalue weighted by molar-refractivity contribution is -0.141. The van der Waals surface area contributed by atoms with Gasteiger partial charge in [-0.05, 0) is 62.4 Å². The molecular weight excluding hydrogens is 392 g/mol. The van der Waals surface area contributed by atoms with E-state index < -0.39 is 11.7 Å². The van der Waals surface area contributed by atoms with Crippen molar-refractivity contribution in [2.24, 2.45) is 0 Å². The lowest BCUT2D eigenvalue weighted by atomic mass is 9.97. The summed E-state index contributed by atoms with van der Waals surface area (Å²) in [5.41, 5.74) is 0.574. The predicted octanol–water partition coefficient (Wildman–Crippen LogP) is 2.66. The van der Waals surface area contributed by atoms with E-state index >= 15 is 0 Å². The number of hydrogen-bond acceptors (Lipinski definition) is 6. The van der Waals surface area contributed by atoms with Gasteiger partial charge in [-0.3, -0.25) is 14.2 Å². The van der Waals surface area contributed by atoms with Crippen molar-refractivity contribution in [2.75, 3.05) is 13.7 Å². The first-order valence-corrected chi connectivity index (χ1v) is 10.5. The van der Waals surface area contributed by atoms with E-state index in [4.69, 9.17) is 9.47 Å². The second-order valence-corrected chi connectivity index (χ2v) is 7.99. The van der Waals surface area contributed by atoms with Crippen LogP contribution in [-0.2, 0) is 28.9 Å². The monoisotopic (exact) mass is 414 g/mol. The van der Waals surface area contributed by atoms with Gasteiger partial charge in [0.15, 0.2) is 0 Å². The Morgan fingerprint density at radius 3 is 2.55 bits per heavy atom. The number of nitrogens with zero attached hydrogens (tertiary/aromatic N) is 2. The number of thiophene rings is 1. The summed E-state index contributed by atoms with van der Waals surface area (Å²) < 4.78 is 12.7. The molecule has 1 aromatic carbocycles. The maximum absolute atomic E-state index is 13.4. The van der Waals surface area contributed by atoms with Gasteiger partial charge < -0.3 is 9.47 Å². The molecule has 1 aliphatic rings. The second-order valence-electron chi connectivity index (χ2n) is 6.90. The SMILES string of the molecule is CCOc1ccc(-n2c(=O)c3c4c(sc3n(CC(=O)OC)c2=O)CCCC4)cc1. The minimum absolute atomic E-state index is 0.234. The Hall–Kier alpha value is -2.87. The lowest BCUT2D eigenvalue weighted by Gasteiger charge is -2.13. The smallest absolute Gasteiger partial charge is 0.337 e. The summed E-state index contributed by atoms with van der Waals surface area (Å²) in [6.07, 6.45) is 3.78. The average Bonchev–Trinajstić information content (AvgIpc) is 3.12. The number of fused-ring (bicyclic) bond motifs is 3. The van der Waals surface area contributed by atoms with Crippen LogP contribution in [0.4, 0.5) is 0 Å². The minimum atomic E-state index is -0.546. The van der Waals surface area contributed by atoms with Crippen LogP contribution in [0.25, 0.3) is 15.9 Å². The molecule has 152 valence electrons. The highest BCUT2D eigenvalue weighted by molar-refractivity contribution is 7.18. The highest BCUT2D eigenvalue weighted by atomic mass is 32.1. The maximum Gasteiger partial charge on any atom is 0.337 e. The van der Waals surface area contributed by atoms with E-state index in [1.807, 2.05) is 6.92 Å². The van der Waals surface area contributed by atoms with Gasteiger partial charge in [-0.25, -0.2) is 9.36 Å². The molecule has 0 unspecified atom stereocenters. The maximum atomic E-state index is 13.4. The molecule has 3 aromatic rings. The molecule has 1 aliphatic carbocycles. The average molecular weight is 414 g/mol. The molecule has 0 saturated heterocycles. The molecule has 2 aromatic heterocycles. The van der Waals surface area contributed by atoms with E-state index in [1.54, 1.807) is 24.3 Å². The van der Waals surface area contributed by atoms with Gasteiger partial charge in [0.1, 0.15) is 17.1 Å². The molecular formula is C21H22N2O5S. The van der Waals surface area contributed by atoms with Gasteiger partial charge in [0.25, 0.3) is 5.56 Å². The van der Waals surface area contributed by atoms with Gasteiger partial charge in [0.2, 0.25) is 0 Å². The Bertz CT molecular complexity index is 1190. The van der Waals surface area contributed by atoms with Gasteiger partial charge in [-0.1, -0.05) is 0 Å². The van der Waals surface area contributed by atoms with E-state index in [0.29, 0.717) is 28.3 Å². The molecule has 0 aliphatic heterocycles. The number of ether oxygens (including phenoxy) is 2. The molecule has 0 saturated carbocycles. The first-order chi connectivity index (χ1) is 14.0. The molecule has 0 fully saturated rings. The van der Waals surface area contributed by atoms with Crippen molar-refractivity contribution in [1.29, 1.82) is 0 Å². The normalized spacial score (nSPS) is 13.3. The zero-order valence-corrected chi connectivity index (χ0v) is 17.2. The van der Waals surface area contributed by atoms with Crippen molar-refractivity contribution in [3.05, 3.63) is 55.5 Å². The first kappa shape index (κ1) is 19.4. The zero-order chi connectivity index (χ0) is 20.5. The van der Waals surface area contributed by atoms with Crippen molar-refractivity contribution >= 4 is 27.5 Å². The van der Waals surface area contributed by atoms with Gasteiger partial charge >= 0.3 is 11.7 Å². The summed E-state index contributed by atoms with van der Waals surface area (Å²) in [6.45, 7) is 2.18. The van der Waals surface area contributed by atoms with Crippen LogP contribution in [0.15, 0.2) is 33.9 Å². The van der Waals surface area contributed by atoms with E-state index in [9.17, 15) is 14.4 Å². The second kappa shape index (κ2) is 7.87. The van der Waals surface area contributed by atoms with Crippen LogP contribution < -0.4 is 16.0 Å². The number of aromatic nitrogens is 2. The Labute approximate surface area is 171 Å². The predicted molar refractivity (Wildman–Crippen MR) is 112 cm³/mol. The fourth-order valence-electron chi connectivity index (χ4n) is 3.79. The summed E-state index contributed by atoms with van der Waals surface area (Å²) in [7, 11) is 1.28. The van der Waals surface area contributed by atoms with E-state index in [2.05, 4.69) is 0 Å². The zero-order valence-electron chi connectivity index (χ0n) is 16.4. The largest absolute Gasteiger partial charge is 0.494 e. The van der Waals surface area contributed by atoms with Crippen molar-refractivity contribution in [3.63, 3.8) is 0 Å². The molecule has 0 atom stereocenters. The Morgan fingerprint density at radius 2 is 1.86 bits per heavy atom. The van der Waals surface area contributed by atoms with Crippen LogP contribution in [0.1, 0.15) is 30.2 Å². The summed E-state index contributed by atoms with van der Waals surface area (Å²) >= 11 is 1.44. The third-order valence-corrected chi connectivity index (χ3v) is 6.47. The number of rotatable bonds is 5. The number of hydrogen-bond donors (Lipinski definition) is 0. The standard InChI is InChI=1S/C21H22N2O5S/c1-3-28-14-10-8-13(9-11-14)23-19(25)18-15-6-4-5-7-16(15)29-20(18)22(21(23)26)12-17(24)27-2/h8-11H,3-7,12H2,1-2H3. The quantitative estimate of drug-likeness (QED) is 0.600. The molecule has 0 bridgehead atoms. The fourth-order valence-corrected chi connectivity index (χ4v) is 5.16. The number of methoxy groups -OCH3 is 1. The van der Waals surface area contributed by atoms with Crippen molar-refractivity contribution in [2.45, 2.75) is 39.2 Å². The number of benzene rings is 1. The van der Waals surface area contributed by atoms with Crippen LogP contribution in [-0.4, -0.2) is 28.8 Å². The highest BCUT2D eigenvalue weighted by Crippen LogP contribution is 2.34. The van der Waals surface area contributed by atoms with Gasteiger partial charge in [-0.15, -0.1) is 11.3 Å². The Morgan fingerprint density at radius 1 is 1.14 bits per heavy atom. The van der Waals surface area contributed by atoms with Gasteiger partial charge in [0.05, 0.1) is 24.8 Å². The van der Waals surface area contributed by atoms with E-state index in [1.165, 1.54) is 23.0 Å². The van der Waals surface area contributed by atoms with E-state index in [-0.39, 0.29) is 12.1 Å². The third-order valence-electron chi connectivity index (χ3n) is 5.16.